The highest BCUT2D eigenvalue weighted by Crippen LogP contribution is 2.66. The molecule has 5 aliphatic heterocycles. The summed E-state index contributed by atoms with van der Waals surface area (Å²) >= 11 is 0. The van der Waals surface area contributed by atoms with E-state index in [1.165, 1.54) is 99.7 Å². The number of hydrogen-bond donors (Lipinski definition) is 0. The Bertz CT molecular complexity index is 5970. The third-order valence-electron chi connectivity index (χ3n) is 25.4. The predicted octanol–water partition coefficient (Wildman–Crippen LogP) is 23.8. The predicted molar refractivity (Wildman–Crippen MR) is 464 cm³/mol. The van der Waals surface area contributed by atoms with E-state index in [-0.39, 0.29) is 25.3 Å². The fourth-order valence-electron chi connectivity index (χ4n) is 20.4. The van der Waals surface area contributed by atoms with Gasteiger partial charge in [0, 0.05) is 34.6 Å². The molecule has 2 spiro atoms. The third-order valence-corrected chi connectivity index (χ3v) is 25.4. The van der Waals surface area contributed by atoms with Crippen LogP contribution in [-0.4, -0.2) is 13.4 Å². The highest BCUT2D eigenvalue weighted by atomic mass is 16.5. The van der Waals surface area contributed by atoms with E-state index < -0.39 is 10.8 Å². The second-order valence-corrected chi connectivity index (χ2v) is 33.6. The highest BCUT2D eigenvalue weighted by molar-refractivity contribution is 6.98. The van der Waals surface area contributed by atoms with Gasteiger partial charge in [-0.3, -0.25) is 0 Å². The van der Waals surface area contributed by atoms with Gasteiger partial charge in [-0.2, -0.15) is 0 Å². The van der Waals surface area contributed by atoms with Gasteiger partial charge in [-0.1, -0.05) is 312 Å². The first-order valence-corrected chi connectivity index (χ1v) is 40.3. The maximum atomic E-state index is 7.66. The molecule has 0 saturated carbocycles. The number of ether oxygens (including phenoxy) is 3. The number of fused-ring (bicyclic) bond motifs is 21. The molecule has 0 aromatic heterocycles. The Hall–Kier alpha value is -11.8. The SMILES string of the molecule is CC(C)c1cc(C(C)C)c(B2c3ccccc3Oc3cc(N4c5ccccc5C5(c6ccccc6Oc6cc(-c7ccc8c(c7)Oc7cc(N9c%10ccccc%10C%10(c%11ccccc%11-c%11ccccc%11%10)c%10ccccc%109)ccc7B8c7c(C(C)C)cc(C(C)C)cc7C(C)C)ccc65)c5ccccc54)ccc32)c(C(C)C)c1. The lowest BCUT2D eigenvalue weighted by Gasteiger charge is -2.48. The molecule has 0 N–H and O–H groups in total. The Kier molecular flexibility index (Phi) is 16.0. The van der Waals surface area contributed by atoms with Crippen molar-refractivity contribution in [3.05, 3.63) is 369 Å². The number of hydrogen-bond acceptors (Lipinski definition) is 5. The van der Waals surface area contributed by atoms with Crippen molar-refractivity contribution in [3.63, 3.8) is 0 Å². The summed E-state index contributed by atoms with van der Waals surface area (Å²) in [6, 6.07) is 110. The fraction of sp³-hybridized carbons (Fsp3) is 0.192. The van der Waals surface area contributed by atoms with Crippen molar-refractivity contribution >= 4 is 80.3 Å². The minimum Gasteiger partial charge on any atom is -0.458 e. The summed E-state index contributed by atoms with van der Waals surface area (Å²) in [4.78, 5) is 4.97. The molecule has 0 radical (unpaired) electrons. The summed E-state index contributed by atoms with van der Waals surface area (Å²) in [5.74, 6) is 7.08. The highest BCUT2D eigenvalue weighted by Gasteiger charge is 2.54. The van der Waals surface area contributed by atoms with Crippen molar-refractivity contribution in [2.45, 2.75) is 129 Å². The van der Waals surface area contributed by atoms with Crippen molar-refractivity contribution in [1.82, 2.24) is 0 Å². The van der Waals surface area contributed by atoms with Crippen LogP contribution in [0.1, 0.15) is 196 Å². The number of rotatable bonds is 11. The number of para-hydroxylation sites is 6. The molecule has 0 amide bonds. The molecule has 0 saturated heterocycles. The van der Waals surface area contributed by atoms with Gasteiger partial charge < -0.3 is 24.0 Å². The zero-order valence-electron chi connectivity index (χ0n) is 65.5. The first-order valence-electron chi connectivity index (χ1n) is 40.3. The van der Waals surface area contributed by atoms with Crippen molar-refractivity contribution in [2.24, 2.45) is 0 Å². The van der Waals surface area contributed by atoms with Gasteiger partial charge in [-0.25, -0.2) is 0 Å². The Morgan fingerprint density at radius 3 is 0.982 bits per heavy atom. The second-order valence-electron chi connectivity index (χ2n) is 33.6. The van der Waals surface area contributed by atoms with Crippen LogP contribution in [0.15, 0.2) is 291 Å². The molecule has 14 aromatic rings. The van der Waals surface area contributed by atoms with E-state index in [4.69, 9.17) is 14.2 Å². The standard InChI is InChI=1S/C104H90B2N2O3/c1-61(2)69-53-75(63(5)6)101(76(54-69)64(7)8)105-87-38-22-28-44-96(87)110-99-59-71(47-51-89(99)105)108-93-41-25-19-35-83(93)104(84-36-20-26-42-94(84)108)85-37-21-27-43-95(85)109-97-57-67(45-49-86(97)104)68-46-50-88-98(58-68)111-100-60-72(48-52-90(100)106(88)102-77(65(9)10)55-70(62(3)4)56-78(102)66(11)12)107-91-39-23-17-33-81(91)103(82-34-18-24-40-92(82)107)79-31-15-13-29-73(79)74-30-14-16-32-80(74)103/h13-66H,1-12H3. The van der Waals surface area contributed by atoms with E-state index in [9.17, 15) is 0 Å². The Balaban J connectivity index is 0.726. The Morgan fingerprint density at radius 1 is 0.243 bits per heavy atom. The number of nitrogens with zero attached hydrogens (tertiary/aromatic N) is 2. The van der Waals surface area contributed by atoms with Crippen LogP contribution >= 0.6 is 0 Å². The molecule has 111 heavy (non-hydrogen) atoms. The Morgan fingerprint density at radius 2 is 0.550 bits per heavy atom. The van der Waals surface area contributed by atoms with Gasteiger partial charge in [0.15, 0.2) is 0 Å². The minimum absolute atomic E-state index is 0.0217. The summed E-state index contributed by atoms with van der Waals surface area (Å²) in [5.41, 5.74) is 35.4. The summed E-state index contributed by atoms with van der Waals surface area (Å²) in [6.45, 7) is 28.1. The molecule has 1 aliphatic carbocycles. The summed E-state index contributed by atoms with van der Waals surface area (Å²) in [5, 5.41) is 0. The Labute approximate surface area is 655 Å². The number of benzene rings is 14. The van der Waals surface area contributed by atoms with Crippen LogP contribution in [0.3, 0.4) is 0 Å². The van der Waals surface area contributed by atoms with Crippen LogP contribution < -0.4 is 56.8 Å². The minimum atomic E-state index is -0.785. The monoisotopic (exact) mass is 1440 g/mol. The first kappa shape index (κ1) is 68.5. The fourth-order valence-corrected chi connectivity index (χ4v) is 20.4. The summed E-state index contributed by atoms with van der Waals surface area (Å²) in [6.07, 6.45) is 0. The van der Waals surface area contributed by atoms with Crippen LogP contribution in [0.4, 0.5) is 34.1 Å². The average molecular weight is 1440 g/mol. The van der Waals surface area contributed by atoms with E-state index in [1.807, 2.05) is 0 Å². The molecular weight excluding hydrogens is 1350 g/mol. The van der Waals surface area contributed by atoms with Crippen LogP contribution in [0.5, 0.6) is 34.5 Å². The zero-order chi connectivity index (χ0) is 75.6. The van der Waals surface area contributed by atoms with Gasteiger partial charge in [0.2, 0.25) is 0 Å². The molecule has 14 aromatic carbocycles. The van der Waals surface area contributed by atoms with Crippen LogP contribution in [0, 0.1) is 0 Å². The van der Waals surface area contributed by atoms with Crippen LogP contribution in [0.2, 0.25) is 0 Å². The third kappa shape index (κ3) is 10.1. The van der Waals surface area contributed by atoms with Gasteiger partial charge in [-0.15, -0.1) is 0 Å². The maximum absolute atomic E-state index is 7.66. The second kappa shape index (κ2) is 25.9. The van der Waals surface area contributed by atoms with E-state index in [2.05, 4.69) is 384 Å². The molecule has 0 atom stereocenters. The van der Waals surface area contributed by atoms with Gasteiger partial charge in [0.1, 0.15) is 34.5 Å². The van der Waals surface area contributed by atoms with E-state index in [1.54, 1.807) is 0 Å². The van der Waals surface area contributed by atoms with Gasteiger partial charge in [0.05, 0.1) is 33.6 Å². The lowest BCUT2D eigenvalue weighted by Crippen LogP contribution is -2.57. The lowest BCUT2D eigenvalue weighted by atomic mass is 9.33. The quantitative estimate of drug-likeness (QED) is 0.121. The molecule has 5 heterocycles. The number of anilines is 6. The van der Waals surface area contributed by atoms with E-state index >= 15 is 0 Å². The molecule has 20 rings (SSSR count). The maximum Gasteiger partial charge on any atom is 0.251 e. The van der Waals surface area contributed by atoms with Crippen molar-refractivity contribution in [2.75, 3.05) is 9.80 Å². The first-order chi connectivity index (χ1) is 54.0. The molecule has 6 aliphatic rings. The summed E-state index contributed by atoms with van der Waals surface area (Å²) in [7, 11) is 0. The smallest absolute Gasteiger partial charge is 0.251 e. The molecule has 5 nitrogen and oxygen atoms in total. The van der Waals surface area contributed by atoms with Gasteiger partial charge in [-0.05, 0) is 207 Å². The molecule has 0 bridgehead atoms. The van der Waals surface area contributed by atoms with Crippen LogP contribution in [-0.2, 0) is 10.8 Å². The van der Waals surface area contributed by atoms with Crippen molar-refractivity contribution in [3.8, 4) is 56.8 Å². The molecule has 0 unspecified atom stereocenters. The zero-order valence-corrected chi connectivity index (χ0v) is 65.5. The lowest BCUT2D eigenvalue weighted by molar-refractivity contribution is 0.434. The van der Waals surface area contributed by atoms with Gasteiger partial charge in [0.25, 0.3) is 13.4 Å². The molecule has 540 valence electrons. The molecule has 7 heteroatoms. The van der Waals surface area contributed by atoms with Crippen molar-refractivity contribution < 1.29 is 14.2 Å². The van der Waals surface area contributed by atoms with E-state index in [0.29, 0.717) is 23.7 Å². The largest absolute Gasteiger partial charge is 0.458 e. The van der Waals surface area contributed by atoms with Crippen LogP contribution in [0.25, 0.3) is 22.3 Å². The van der Waals surface area contributed by atoms with E-state index in [0.717, 1.165) is 102 Å². The summed E-state index contributed by atoms with van der Waals surface area (Å²) < 4.78 is 22.2. The average Bonchev–Trinajstić information content (AvgIpc) is 1.68. The normalized spacial score (nSPS) is 14.5. The van der Waals surface area contributed by atoms with Crippen molar-refractivity contribution in [1.29, 1.82) is 0 Å². The topological polar surface area (TPSA) is 34.2 Å². The molecule has 0 fully saturated rings. The van der Waals surface area contributed by atoms with Gasteiger partial charge >= 0.3 is 0 Å². The molecular formula is C104H90B2N2O3.